The highest BCUT2D eigenvalue weighted by molar-refractivity contribution is 7.92. The maximum atomic E-state index is 13.3. The lowest BCUT2D eigenvalue weighted by Gasteiger charge is -2.35. The van der Waals surface area contributed by atoms with Crippen LogP contribution in [0, 0.1) is 0 Å². The van der Waals surface area contributed by atoms with Gasteiger partial charge in [-0.05, 0) is 49.6 Å². The standard InChI is InChI=1S/C19H20Cl2N2O3S/c1-13(19(24)22-11-5-7-14-6-3-4-8-17(14)22)23(27(2,25)26)18-12-15(20)9-10-16(18)21/h3-4,6,8-10,12-13H,5,7,11H2,1-2H3. The van der Waals surface area contributed by atoms with Crippen molar-refractivity contribution in [3.05, 3.63) is 58.1 Å². The zero-order valence-electron chi connectivity index (χ0n) is 15.0. The summed E-state index contributed by atoms with van der Waals surface area (Å²) in [6.07, 6.45) is 2.77. The second kappa shape index (κ2) is 7.70. The molecule has 1 atom stereocenters. The van der Waals surface area contributed by atoms with E-state index in [9.17, 15) is 13.2 Å². The van der Waals surface area contributed by atoms with Crippen LogP contribution < -0.4 is 9.21 Å². The van der Waals surface area contributed by atoms with E-state index in [2.05, 4.69) is 0 Å². The van der Waals surface area contributed by atoms with Crippen LogP contribution in [0.2, 0.25) is 10.0 Å². The maximum Gasteiger partial charge on any atom is 0.250 e. The summed E-state index contributed by atoms with van der Waals surface area (Å²) in [5, 5.41) is 0.550. The van der Waals surface area contributed by atoms with Gasteiger partial charge in [-0.3, -0.25) is 9.10 Å². The number of hydrogen-bond donors (Lipinski definition) is 0. The molecule has 0 fully saturated rings. The number of amides is 1. The molecule has 0 spiro atoms. The second-order valence-corrected chi connectivity index (χ2v) is 9.26. The number of carbonyl (C=O) groups is 1. The largest absolute Gasteiger partial charge is 0.310 e. The lowest BCUT2D eigenvalue weighted by Crippen LogP contribution is -2.51. The number of carbonyl (C=O) groups excluding carboxylic acids is 1. The van der Waals surface area contributed by atoms with Gasteiger partial charge < -0.3 is 4.90 Å². The summed E-state index contributed by atoms with van der Waals surface area (Å²) in [6, 6.07) is 11.3. The van der Waals surface area contributed by atoms with Gasteiger partial charge >= 0.3 is 0 Å². The van der Waals surface area contributed by atoms with Gasteiger partial charge in [-0.2, -0.15) is 0 Å². The van der Waals surface area contributed by atoms with Crippen molar-refractivity contribution < 1.29 is 13.2 Å². The first-order chi connectivity index (χ1) is 12.7. The Bertz CT molecular complexity index is 979. The van der Waals surface area contributed by atoms with Crippen LogP contribution in [0.15, 0.2) is 42.5 Å². The molecule has 1 heterocycles. The van der Waals surface area contributed by atoms with Crippen molar-refractivity contribution in [3.63, 3.8) is 0 Å². The molecule has 1 aliphatic heterocycles. The lowest BCUT2D eigenvalue weighted by atomic mass is 10.0. The number of rotatable bonds is 4. The van der Waals surface area contributed by atoms with Crippen molar-refractivity contribution in [2.45, 2.75) is 25.8 Å². The molecule has 1 amide bonds. The number of aryl methyl sites for hydroxylation is 1. The molecular formula is C19H20Cl2N2O3S. The normalized spacial score (nSPS) is 15.2. The number of sulfonamides is 1. The van der Waals surface area contributed by atoms with Crippen LogP contribution in [-0.2, 0) is 21.2 Å². The van der Waals surface area contributed by atoms with Crippen LogP contribution in [-0.4, -0.2) is 33.2 Å². The number of halogens is 2. The molecule has 5 nitrogen and oxygen atoms in total. The third-order valence-corrected chi connectivity index (χ3v) is 6.37. The first kappa shape index (κ1) is 20.0. The van der Waals surface area contributed by atoms with Crippen LogP contribution >= 0.6 is 23.2 Å². The topological polar surface area (TPSA) is 57.7 Å². The fraction of sp³-hybridized carbons (Fsp3) is 0.316. The van der Waals surface area contributed by atoms with Gasteiger partial charge in [0.15, 0.2) is 0 Å². The predicted molar refractivity (Wildman–Crippen MR) is 110 cm³/mol. The third-order valence-electron chi connectivity index (χ3n) is 4.59. The zero-order chi connectivity index (χ0) is 19.8. The van der Waals surface area contributed by atoms with E-state index in [1.165, 1.54) is 12.1 Å². The Morgan fingerprint density at radius 1 is 1.19 bits per heavy atom. The van der Waals surface area contributed by atoms with Gasteiger partial charge in [-0.1, -0.05) is 41.4 Å². The Morgan fingerprint density at radius 3 is 2.59 bits per heavy atom. The Balaban J connectivity index is 2.02. The molecule has 0 aromatic heterocycles. The quantitative estimate of drug-likeness (QED) is 0.738. The van der Waals surface area contributed by atoms with E-state index in [0.717, 1.165) is 34.7 Å². The smallest absolute Gasteiger partial charge is 0.250 e. The summed E-state index contributed by atoms with van der Waals surface area (Å²) >= 11 is 12.3. The van der Waals surface area contributed by atoms with Crippen LogP contribution in [0.1, 0.15) is 18.9 Å². The summed E-state index contributed by atoms with van der Waals surface area (Å²) in [5.74, 6) is -0.302. The van der Waals surface area contributed by atoms with Gasteiger partial charge in [0.2, 0.25) is 10.0 Å². The molecule has 27 heavy (non-hydrogen) atoms. The number of fused-ring (bicyclic) bond motifs is 1. The highest BCUT2D eigenvalue weighted by Crippen LogP contribution is 2.34. The van der Waals surface area contributed by atoms with Crippen LogP contribution in [0.5, 0.6) is 0 Å². The second-order valence-electron chi connectivity index (χ2n) is 6.55. The van der Waals surface area contributed by atoms with E-state index < -0.39 is 16.1 Å². The molecule has 0 aliphatic carbocycles. The van der Waals surface area contributed by atoms with Gasteiger partial charge in [0, 0.05) is 17.3 Å². The van der Waals surface area contributed by atoms with Gasteiger partial charge in [-0.15, -0.1) is 0 Å². The molecule has 0 radical (unpaired) electrons. The van der Waals surface area contributed by atoms with Crippen molar-refractivity contribution in [1.82, 2.24) is 0 Å². The van der Waals surface area contributed by atoms with Gasteiger partial charge in [0.1, 0.15) is 6.04 Å². The Hall–Kier alpha value is -1.76. The molecule has 2 aromatic rings. The monoisotopic (exact) mass is 426 g/mol. The summed E-state index contributed by atoms with van der Waals surface area (Å²) in [5.41, 5.74) is 2.10. The molecule has 0 bridgehead atoms. The van der Waals surface area contributed by atoms with E-state index in [0.29, 0.717) is 11.6 Å². The van der Waals surface area contributed by atoms with Crippen molar-refractivity contribution in [3.8, 4) is 0 Å². The Labute approximate surface area is 169 Å². The van der Waals surface area contributed by atoms with Gasteiger partial charge in [0.25, 0.3) is 5.91 Å². The van der Waals surface area contributed by atoms with E-state index in [-0.39, 0.29) is 16.6 Å². The van der Waals surface area contributed by atoms with E-state index in [1.807, 2.05) is 24.3 Å². The fourth-order valence-corrected chi connectivity index (χ4v) is 5.02. The summed E-state index contributed by atoms with van der Waals surface area (Å²) in [6.45, 7) is 2.11. The summed E-state index contributed by atoms with van der Waals surface area (Å²) < 4.78 is 26.1. The molecule has 1 aliphatic rings. The van der Waals surface area contributed by atoms with Crippen LogP contribution in [0.3, 0.4) is 0 Å². The lowest BCUT2D eigenvalue weighted by molar-refractivity contribution is -0.119. The number of para-hydroxylation sites is 1. The summed E-state index contributed by atoms with van der Waals surface area (Å²) in [4.78, 5) is 14.9. The first-order valence-corrected chi connectivity index (χ1v) is 11.1. The molecule has 0 saturated heterocycles. The average molecular weight is 427 g/mol. The van der Waals surface area contributed by atoms with E-state index in [4.69, 9.17) is 23.2 Å². The average Bonchev–Trinajstić information content (AvgIpc) is 2.62. The zero-order valence-corrected chi connectivity index (χ0v) is 17.4. The van der Waals surface area contributed by atoms with Crippen LogP contribution in [0.25, 0.3) is 0 Å². The maximum absolute atomic E-state index is 13.3. The Kier molecular flexibility index (Phi) is 5.70. The van der Waals surface area contributed by atoms with Crippen molar-refractivity contribution in [1.29, 1.82) is 0 Å². The molecule has 8 heteroatoms. The molecule has 0 N–H and O–H groups in total. The minimum atomic E-state index is -3.77. The minimum absolute atomic E-state index is 0.192. The highest BCUT2D eigenvalue weighted by atomic mass is 35.5. The number of nitrogens with zero attached hydrogens (tertiary/aromatic N) is 2. The SMILES string of the molecule is CC(C(=O)N1CCCc2ccccc21)N(c1cc(Cl)ccc1Cl)S(C)(=O)=O. The number of hydrogen-bond acceptors (Lipinski definition) is 3. The van der Waals surface area contributed by atoms with Crippen molar-refractivity contribution in [2.24, 2.45) is 0 Å². The van der Waals surface area contributed by atoms with Gasteiger partial charge in [0.05, 0.1) is 17.0 Å². The Morgan fingerprint density at radius 2 is 1.89 bits per heavy atom. The van der Waals surface area contributed by atoms with Crippen molar-refractivity contribution in [2.75, 3.05) is 22.0 Å². The van der Waals surface area contributed by atoms with E-state index in [1.54, 1.807) is 17.9 Å². The van der Waals surface area contributed by atoms with Crippen LogP contribution in [0.4, 0.5) is 11.4 Å². The van der Waals surface area contributed by atoms with E-state index >= 15 is 0 Å². The summed E-state index contributed by atoms with van der Waals surface area (Å²) in [7, 11) is -3.77. The molecule has 2 aromatic carbocycles. The molecule has 144 valence electrons. The predicted octanol–water partition coefficient (Wildman–Crippen LogP) is 4.13. The molecule has 3 rings (SSSR count). The van der Waals surface area contributed by atoms with Crippen molar-refractivity contribution >= 4 is 50.5 Å². The van der Waals surface area contributed by atoms with Gasteiger partial charge in [-0.25, -0.2) is 8.42 Å². The fourth-order valence-electron chi connectivity index (χ4n) is 3.42. The first-order valence-electron chi connectivity index (χ1n) is 8.54. The highest BCUT2D eigenvalue weighted by Gasteiger charge is 2.35. The molecular weight excluding hydrogens is 407 g/mol. The minimum Gasteiger partial charge on any atom is -0.310 e. The third kappa shape index (κ3) is 4.08. The molecule has 0 saturated carbocycles. The number of anilines is 2. The molecule has 1 unspecified atom stereocenters. The number of benzene rings is 2.